The molecule has 0 bridgehead atoms. The Kier molecular flexibility index (Phi) is 5.81. The van der Waals surface area contributed by atoms with Crippen LogP contribution in [0.5, 0.6) is 0 Å². The Bertz CT molecular complexity index is 501. The second-order valence-corrected chi connectivity index (χ2v) is 7.46. The van der Waals surface area contributed by atoms with Crippen LogP contribution in [-0.2, 0) is 19.4 Å². The van der Waals surface area contributed by atoms with E-state index in [9.17, 15) is 5.11 Å². The van der Waals surface area contributed by atoms with E-state index in [4.69, 9.17) is 4.98 Å². The summed E-state index contributed by atoms with van der Waals surface area (Å²) in [4.78, 5) is 12.6. The maximum atomic E-state index is 10.1. The van der Waals surface area contributed by atoms with Crippen molar-refractivity contribution in [1.82, 2.24) is 15.2 Å². The van der Waals surface area contributed by atoms with Crippen molar-refractivity contribution in [1.29, 1.82) is 0 Å². The molecule has 0 aliphatic heterocycles. The van der Waals surface area contributed by atoms with Crippen molar-refractivity contribution in [3.05, 3.63) is 15.6 Å². The van der Waals surface area contributed by atoms with E-state index in [1.165, 1.54) is 29.8 Å². The Morgan fingerprint density at radius 1 is 1.45 bits per heavy atom. The SMILES string of the molecule is CCC(C)(O)CNC(=NC)N(C)Cc1nc2c(s1)CCCC2. The lowest BCUT2D eigenvalue weighted by Gasteiger charge is -2.26. The molecule has 1 unspecified atom stereocenters. The highest BCUT2D eigenvalue weighted by molar-refractivity contribution is 7.11. The van der Waals surface area contributed by atoms with Gasteiger partial charge in [-0.15, -0.1) is 11.3 Å². The smallest absolute Gasteiger partial charge is 0.193 e. The Morgan fingerprint density at radius 3 is 2.82 bits per heavy atom. The number of hydrogen-bond donors (Lipinski definition) is 2. The first kappa shape index (κ1) is 17.2. The van der Waals surface area contributed by atoms with Gasteiger partial charge in [-0.2, -0.15) is 0 Å². The number of nitrogens with zero attached hydrogens (tertiary/aromatic N) is 3. The summed E-state index contributed by atoms with van der Waals surface area (Å²) in [6.45, 7) is 5.07. The molecule has 1 aliphatic carbocycles. The van der Waals surface area contributed by atoms with Gasteiger partial charge < -0.3 is 15.3 Å². The summed E-state index contributed by atoms with van der Waals surface area (Å²) >= 11 is 1.83. The quantitative estimate of drug-likeness (QED) is 0.644. The van der Waals surface area contributed by atoms with E-state index in [-0.39, 0.29) is 0 Å². The van der Waals surface area contributed by atoms with Gasteiger partial charge in [0.25, 0.3) is 0 Å². The Labute approximate surface area is 137 Å². The van der Waals surface area contributed by atoms with Crippen LogP contribution in [0.2, 0.25) is 0 Å². The minimum Gasteiger partial charge on any atom is -0.388 e. The number of hydrogen-bond acceptors (Lipinski definition) is 4. The van der Waals surface area contributed by atoms with Crippen molar-refractivity contribution in [3.63, 3.8) is 0 Å². The number of fused-ring (bicyclic) bond motifs is 1. The zero-order valence-corrected chi connectivity index (χ0v) is 15.0. The van der Waals surface area contributed by atoms with Gasteiger partial charge in [0.15, 0.2) is 5.96 Å². The highest BCUT2D eigenvalue weighted by Gasteiger charge is 2.20. The molecule has 1 aliphatic rings. The van der Waals surface area contributed by atoms with E-state index in [1.807, 2.05) is 32.2 Å². The molecule has 1 aromatic rings. The first-order valence-corrected chi connectivity index (χ1v) is 8.88. The maximum absolute atomic E-state index is 10.1. The molecule has 22 heavy (non-hydrogen) atoms. The molecule has 0 spiro atoms. The van der Waals surface area contributed by atoms with Crippen LogP contribution in [0.4, 0.5) is 0 Å². The first-order chi connectivity index (χ1) is 10.4. The topological polar surface area (TPSA) is 60.8 Å². The van der Waals surface area contributed by atoms with Crippen molar-refractivity contribution < 1.29 is 5.11 Å². The minimum atomic E-state index is -0.711. The fraction of sp³-hybridized carbons (Fsp3) is 0.750. The molecule has 5 nitrogen and oxygen atoms in total. The maximum Gasteiger partial charge on any atom is 0.193 e. The van der Waals surface area contributed by atoms with Crippen LogP contribution in [0.25, 0.3) is 0 Å². The average molecular weight is 324 g/mol. The predicted molar refractivity (Wildman–Crippen MR) is 92.5 cm³/mol. The lowest BCUT2D eigenvalue weighted by atomic mass is 10.0. The number of aliphatic hydroxyl groups is 1. The third kappa shape index (κ3) is 4.43. The number of aromatic nitrogens is 1. The van der Waals surface area contributed by atoms with Gasteiger partial charge in [0.2, 0.25) is 0 Å². The molecule has 0 aromatic carbocycles. The van der Waals surface area contributed by atoms with Gasteiger partial charge >= 0.3 is 0 Å². The van der Waals surface area contributed by atoms with Gasteiger partial charge in [-0.3, -0.25) is 4.99 Å². The Balaban J connectivity index is 1.94. The third-order valence-electron chi connectivity index (χ3n) is 4.22. The van der Waals surface area contributed by atoms with Crippen molar-refractivity contribution in [3.8, 4) is 0 Å². The number of rotatable bonds is 5. The molecule has 0 saturated heterocycles. The number of guanidine groups is 1. The van der Waals surface area contributed by atoms with E-state index in [0.717, 1.165) is 23.9 Å². The number of nitrogens with one attached hydrogen (secondary N) is 1. The number of thiazole rings is 1. The molecule has 6 heteroatoms. The highest BCUT2D eigenvalue weighted by Crippen LogP contribution is 2.27. The largest absolute Gasteiger partial charge is 0.388 e. The predicted octanol–water partition coefficient (Wildman–Crippen LogP) is 2.19. The van der Waals surface area contributed by atoms with E-state index in [1.54, 1.807) is 7.05 Å². The van der Waals surface area contributed by atoms with Crippen LogP contribution in [0, 0.1) is 0 Å². The summed E-state index contributed by atoms with van der Waals surface area (Å²) in [6, 6.07) is 0. The summed E-state index contributed by atoms with van der Waals surface area (Å²) in [5, 5.41) is 14.5. The van der Waals surface area contributed by atoms with Gasteiger partial charge in [0.05, 0.1) is 17.8 Å². The molecule has 0 amide bonds. The van der Waals surface area contributed by atoms with Crippen LogP contribution in [0.1, 0.15) is 48.7 Å². The van der Waals surface area contributed by atoms with Crippen LogP contribution in [-0.4, -0.2) is 47.2 Å². The van der Waals surface area contributed by atoms with Crippen molar-refractivity contribution in [2.45, 2.75) is 58.1 Å². The molecule has 2 N–H and O–H groups in total. The molecule has 0 saturated carbocycles. The second kappa shape index (κ2) is 7.42. The van der Waals surface area contributed by atoms with Crippen molar-refractivity contribution in [2.24, 2.45) is 4.99 Å². The highest BCUT2D eigenvalue weighted by atomic mass is 32.1. The fourth-order valence-corrected chi connectivity index (χ4v) is 3.74. The molecule has 1 heterocycles. The zero-order chi connectivity index (χ0) is 16.2. The molecule has 1 aromatic heterocycles. The van der Waals surface area contributed by atoms with Crippen LogP contribution in [0.15, 0.2) is 4.99 Å². The van der Waals surface area contributed by atoms with Crippen LogP contribution >= 0.6 is 11.3 Å². The number of aryl methyl sites for hydroxylation is 2. The van der Waals surface area contributed by atoms with Gasteiger partial charge in [0, 0.05) is 25.5 Å². The minimum absolute atomic E-state index is 0.495. The molecule has 0 fully saturated rings. The zero-order valence-electron chi connectivity index (χ0n) is 14.1. The van der Waals surface area contributed by atoms with Crippen LogP contribution < -0.4 is 5.32 Å². The summed E-state index contributed by atoms with van der Waals surface area (Å²) in [6.07, 6.45) is 5.58. The van der Waals surface area contributed by atoms with Gasteiger partial charge in [-0.25, -0.2) is 4.98 Å². The van der Waals surface area contributed by atoms with Gasteiger partial charge in [-0.05, 0) is 39.0 Å². The van der Waals surface area contributed by atoms with E-state index >= 15 is 0 Å². The third-order valence-corrected chi connectivity index (χ3v) is 5.37. The number of aliphatic imine (C=N–C) groups is 1. The molecule has 0 radical (unpaired) electrons. The van der Waals surface area contributed by atoms with Crippen molar-refractivity contribution >= 4 is 17.3 Å². The molecule has 2 rings (SSSR count). The second-order valence-electron chi connectivity index (χ2n) is 6.29. The summed E-state index contributed by atoms with van der Waals surface area (Å²) in [7, 11) is 3.78. The Morgan fingerprint density at radius 2 is 2.18 bits per heavy atom. The monoisotopic (exact) mass is 324 g/mol. The lowest BCUT2D eigenvalue weighted by Crippen LogP contribution is -2.45. The summed E-state index contributed by atoms with van der Waals surface area (Å²) < 4.78 is 0. The summed E-state index contributed by atoms with van der Waals surface area (Å²) in [5.41, 5.74) is 0.591. The molecule has 124 valence electrons. The van der Waals surface area contributed by atoms with E-state index in [2.05, 4.69) is 15.2 Å². The fourth-order valence-electron chi connectivity index (χ4n) is 2.53. The van der Waals surface area contributed by atoms with Crippen molar-refractivity contribution in [2.75, 3.05) is 20.6 Å². The van der Waals surface area contributed by atoms with Gasteiger partial charge in [-0.1, -0.05) is 6.92 Å². The average Bonchev–Trinajstić information content (AvgIpc) is 2.89. The van der Waals surface area contributed by atoms with E-state index in [0.29, 0.717) is 13.0 Å². The van der Waals surface area contributed by atoms with E-state index < -0.39 is 5.60 Å². The molecular weight excluding hydrogens is 296 g/mol. The standard InChI is InChI=1S/C16H28N4OS/c1-5-16(2,21)11-18-15(17-3)20(4)10-14-19-12-8-6-7-9-13(12)22-14/h21H,5-11H2,1-4H3,(H,17,18). The Hall–Kier alpha value is -1.14. The molecular formula is C16H28N4OS. The normalized spacial score (nSPS) is 17.8. The van der Waals surface area contributed by atoms with Crippen LogP contribution in [0.3, 0.4) is 0 Å². The lowest BCUT2D eigenvalue weighted by molar-refractivity contribution is 0.0598. The van der Waals surface area contributed by atoms with Gasteiger partial charge in [0.1, 0.15) is 5.01 Å². The molecule has 1 atom stereocenters. The summed E-state index contributed by atoms with van der Waals surface area (Å²) in [5.74, 6) is 0.793. The first-order valence-electron chi connectivity index (χ1n) is 8.07.